The maximum absolute atomic E-state index is 13.0. The molecule has 0 saturated carbocycles. The van der Waals surface area contributed by atoms with Gasteiger partial charge in [0.05, 0.1) is 5.56 Å². The van der Waals surface area contributed by atoms with Crippen LogP contribution in [0.5, 0.6) is 0 Å². The molecule has 0 amide bonds. The van der Waals surface area contributed by atoms with E-state index in [0.717, 1.165) is 37.5 Å². The van der Waals surface area contributed by atoms with Crippen LogP contribution in [-0.2, 0) is 12.6 Å². The van der Waals surface area contributed by atoms with Gasteiger partial charge in [0.25, 0.3) is 0 Å². The van der Waals surface area contributed by atoms with E-state index < -0.39 is 11.7 Å². The van der Waals surface area contributed by atoms with Crippen LogP contribution in [0.1, 0.15) is 22.6 Å². The van der Waals surface area contributed by atoms with Crippen LogP contribution in [0.3, 0.4) is 0 Å². The minimum absolute atomic E-state index is 0.0233. The van der Waals surface area contributed by atoms with E-state index in [1.165, 1.54) is 5.56 Å². The van der Waals surface area contributed by atoms with Crippen molar-refractivity contribution in [3.8, 4) is 0 Å². The van der Waals surface area contributed by atoms with Crippen LogP contribution < -0.4 is 10.2 Å². The van der Waals surface area contributed by atoms with Crippen LogP contribution >= 0.6 is 11.6 Å². The quantitative estimate of drug-likeness (QED) is 0.549. The van der Waals surface area contributed by atoms with Crippen molar-refractivity contribution in [2.75, 3.05) is 25.0 Å². The summed E-state index contributed by atoms with van der Waals surface area (Å²) in [5.41, 5.74) is 1.48. The standard InChI is InChI=1S/C24H24ClF3N4/c1-32(23-30-12-18(13-31-23)24(26,27)28)22(11-16-5-3-2-4-6-16)21-15-29-14-20(21)17-7-9-19(25)10-8-17/h2-10,12-13,20-22,29H,11,14-15H2,1H3. The lowest BCUT2D eigenvalue weighted by Gasteiger charge is -2.36. The molecule has 1 aliphatic heterocycles. The van der Waals surface area contributed by atoms with Gasteiger partial charge in [-0.05, 0) is 29.7 Å². The molecule has 4 rings (SSSR count). The first-order valence-corrected chi connectivity index (χ1v) is 10.8. The molecule has 0 spiro atoms. The molecule has 3 unspecified atom stereocenters. The molecule has 3 aromatic rings. The molecule has 1 aliphatic rings. The van der Waals surface area contributed by atoms with E-state index in [1.807, 2.05) is 54.4 Å². The van der Waals surface area contributed by atoms with Gasteiger partial charge >= 0.3 is 6.18 Å². The van der Waals surface area contributed by atoms with Gasteiger partial charge in [-0.2, -0.15) is 13.2 Å². The van der Waals surface area contributed by atoms with E-state index in [-0.39, 0.29) is 23.8 Å². The Morgan fingerprint density at radius 1 is 1.03 bits per heavy atom. The average Bonchev–Trinajstić information content (AvgIpc) is 3.27. The van der Waals surface area contributed by atoms with Crippen LogP contribution in [0.25, 0.3) is 0 Å². The molecule has 32 heavy (non-hydrogen) atoms. The second-order valence-electron chi connectivity index (χ2n) is 8.12. The first kappa shape index (κ1) is 22.6. The highest BCUT2D eigenvalue weighted by Gasteiger charge is 2.38. The Labute approximate surface area is 190 Å². The van der Waals surface area contributed by atoms with Crippen molar-refractivity contribution >= 4 is 17.5 Å². The molecule has 2 heterocycles. The lowest BCUT2D eigenvalue weighted by Crippen LogP contribution is -2.43. The number of halogens is 4. The predicted octanol–water partition coefficient (Wildman–Crippen LogP) is 5.20. The Bertz CT molecular complexity index is 1010. The SMILES string of the molecule is CN(c1ncc(C(F)(F)F)cn1)C(Cc1ccccc1)C1CNCC1c1ccc(Cl)cc1. The smallest absolute Gasteiger partial charge is 0.340 e. The van der Waals surface area contributed by atoms with Crippen LogP contribution in [-0.4, -0.2) is 36.1 Å². The summed E-state index contributed by atoms with van der Waals surface area (Å²) in [5.74, 6) is 0.714. The largest absolute Gasteiger partial charge is 0.419 e. The number of hydrogen-bond acceptors (Lipinski definition) is 4. The van der Waals surface area contributed by atoms with Gasteiger partial charge < -0.3 is 10.2 Å². The van der Waals surface area contributed by atoms with E-state index in [1.54, 1.807) is 0 Å². The Balaban J connectivity index is 1.65. The topological polar surface area (TPSA) is 41.1 Å². The van der Waals surface area contributed by atoms with Crippen LogP contribution in [0.4, 0.5) is 19.1 Å². The molecule has 1 N–H and O–H groups in total. The number of nitrogens with zero attached hydrogens (tertiary/aromatic N) is 3. The maximum atomic E-state index is 13.0. The molecule has 2 aromatic carbocycles. The maximum Gasteiger partial charge on any atom is 0.419 e. The molecule has 1 aromatic heterocycles. The molecular formula is C24H24ClF3N4. The van der Waals surface area contributed by atoms with Gasteiger partial charge in [-0.15, -0.1) is 0 Å². The minimum Gasteiger partial charge on any atom is -0.340 e. The number of benzene rings is 2. The molecule has 168 valence electrons. The number of aromatic nitrogens is 2. The number of likely N-dealkylation sites (N-methyl/N-ethyl adjacent to an activating group) is 1. The number of anilines is 1. The summed E-state index contributed by atoms with van der Waals surface area (Å²) in [6.07, 6.45) is -2.04. The van der Waals surface area contributed by atoms with Crippen molar-refractivity contribution < 1.29 is 13.2 Å². The summed E-state index contributed by atoms with van der Waals surface area (Å²) in [6.45, 7) is 1.61. The number of alkyl halides is 3. The van der Waals surface area contributed by atoms with Gasteiger partial charge in [-0.1, -0.05) is 54.1 Å². The van der Waals surface area contributed by atoms with Gasteiger partial charge in [0.15, 0.2) is 0 Å². The van der Waals surface area contributed by atoms with E-state index >= 15 is 0 Å². The summed E-state index contributed by atoms with van der Waals surface area (Å²) in [4.78, 5) is 10.0. The van der Waals surface area contributed by atoms with E-state index in [4.69, 9.17) is 11.6 Å². The zero-order valence-electron chi connectivity index (χ0n) is 17.6. The number of nitrogens with one attached hydrogen (secondary N) is 1. The Morgan fingerprint density at radius 2 is 1.69 bits per heavy atom. The monoisotopic (exact) mass is 460 g/mol. The third kappa shape index (κ3) is 5.05. The normalized spacial score (nSPS) is 19.7. The van der Waals surface area contributed by atoms with Gasteiger partial charge in [0.1, 0.15) is 0 Å². The van der Waals surface area contributed by atoms with E-state index in [2.05, 4.69) is 27.4 Å². The number of rotatable bonds is 6. The van der Waals surface area contributed by atoms with Gasteiger partial charge in [-0.25, -0.2) is 9.97 Å². The second-order valence-corrected chi connectivity index (χ2v) is 8.55. The molecule has 3 atom stereocenters. The van der Waals surface area contributed by atoms with Gasteiger partial charge in [0, 0.05) is 55.4 Å². The van der Waals surface area contributed by atoms with Crippen molar-refractivity contribution in [1.82, 2.24) is 15.3 Å². The van der Waals surface area contributed by atoms with Crippen molar-refractivity contribution in [3.05, 3.63) is 88.7 Å². The predicted molar refractivity (Wildman–Crippen MR) is 120 cm³/mol. The average molecular weight is 461 g/mol. The summed E-state index contributed by atoms with van der Waals surface area (Å²) < 4.78 is 38.9. The van der Waals surface area contributed by atoms with Crippen molar-refractivity contribution in [2.45, 2.75) is 24.6 Å². The van der Waals surface area contributed by atoms with E-state index in [9.17, 15) is 13.2 Å². The zero-order chi connectivity index (χ0) is 22.7. The molecule has 0 aliphatic carbocycles. The van der Waals surface area contributed by atoms with Crippen molar-refractivity contribution in [3.63, 3.8) is 0 Å². The Morgan fingerprint density at radius 3 is 2.31 bits per heavy atom. The fraction of sp³-hybridized carbons (Fsp3) is 0.333. The van der Waals surface area contributed by atoms with Crippen LogP contribution in [0.2, 0.25) is 5.02 Å². The Kier molecular flexibility index (Phi) is 6.67. The van der Waals surface area contributed by atoms with Gasteiger partial charge in [-0.3, -0.25) is 0 Å². The molecule has 1 fully saturated rings. The van der Waals surface area contributed by atoms with Crippen LogP contribution in [0, 0.1) is 5.92 Å². The highest BCUT2D eigenvalue weighted by Crippen LogP contribution is 2.35. The molecule has 1 saturated heterocycles. The van der Waals surface area contributed by atoms with Crippen molar-refractivity contribution in [1.29, 1.82) is 0 Å². The van der Waals surface area contributed by atoms with Gasteiger partial charge in [0.2, 0.25) is 5.95 Å². The van der Waals surface area contributed by atoms with E-state index in [0.29, 0.717) is 5.02 Å². The third-order valence-corrected chi connectivity index (χ3v) is 6.37. The first-order valence-electron chi connectivity index (χ1n) is 10.4. The first-order chi connectivity index (χ1) is 15.3. The molecule has 0 radical (unpaired) electrons. The fourth-order valence-corrected chi connectivity index (χ4v) is 4.53. The summed E-state index contributed by atoms with van der Waals surface area (Å²) in [7, 11) is 1.85. The van der Waals surface area contributed by atoms with Crippen molar-refractivity contribution in [2.24, 2.45) is 5.92 Å². The molecular weight excluding hydrogens is 437 g/mol. The minimum atomic E-state index is -4.46. The summed E-state index contributed by atoms with van der Waals surface area (Å²) in [6, 6.07) is 17.9. The third-order valence-electron chi connectivity index (χ3n) is 6.12. The summed E-state index contributed by atoms with van der Waals surface area (Å²) >= 11 is 6.08. The highest BCUT2D eigenvalue weighted by atomic mass is 35.5. The summed E-state index contributed by atoms with van der Waals surface area (Å²) in [5, 5.41) is 4.18. The molecule has 8 heteroatoms. The van der Waals surface area contributed by atoms with Crippen LogP contribution in [0.15, 0.2) is 67.0 Å². The fourth-order valence-electron chi connectivity index (χ4n) is 4.41. The number of hydrogen-bond donors (Lipinski definition) is 1. The molecule has 4 nitrogen and oxygen atoms in total. The zero-order valence-corrected chi connectivity index (χ0v) is 18.3. The molecule has 0 bridgehead atoms. The lowest BCUT2D eigenvalue weighted by atomic mass is 9.81. The lowest BCUT2D eigenvalue weighted by molar-refractivity contribution is -0.138. The highest BCUT2D eigenvalue weighted by molar-refractivity contribution is 6.30. The Hall–Kier alpha value is -2.64. The second kappa shape index (κ2) is 9.46.